The van der Waals surface area contributed by atoms with E-state index in [1.165, 1.54) is 20.4 Å². The Morgan fingerprint density at radius 3 is 2.32 bits per heavy atom. The van der Waals surface area contributed by atoms with Gasteiger partial charge in [0.15, 0.2) is 5.02 Å². The highest BCUT2D eigenvalue weighted by atomic mass is 35.5. The fourth-order valence-corrected chi connectivity index (χ4v) is 4.26. The number of ether oxygens (including phenoxy) is 1. The van der Waals surface area contributed by atoms with Gasteiger partial charge in [0, 0.05) is 11.6 Å². The lowest BCUT2D eigenvalue weighted by Crippen LogP contribution is -2.43. The van der Waals surface area contributed by atoms with Gasteiger partial charge < -0.3 is 15.4 Å². The van der Waals surface area contributed by atoms with Crippen LogP contribution < -0.4 is 30.7 Å². The minimum atomic E-state index is -0.802. The number of halogens is 3. The molecule has 0 unspecified atom stereocenters. The van der Waals surface area contributed by atoms with Gasteiger partial charge in [0.1, 0.15) is 30.7 Å². The van der Waals surface area contributed by atoms with Crippen LogP contribution in [0.2, 0.25) is 5.02 Å². The molecule has 3 aromatic rings. The van der Waals surface area contributed by atoms with Crippen molar-refractivity contribution in [2.45, 2.75) is 13.5 Å². The molecule has 13 heteroatoms. The van der Waals surface area contributed by atoms with E-state index >= 15 is 0 Å². The molecule has 1 aliphatic heterocycles. The maximum absolute atomic E-state index is 14.0. The number of hydrogen-bond acceptors (Lipinski definition) is 7. The number of anilines is 2. The Morgan fingerprint density at radius 1 is 1.03 bits per heavy atom. The number of nitrogens with one attached hydrogen (secondary N) is 2. The number of aromatic nitrogens is 2. The van der Waals surface area contributed by atoms with Crippen LogP contribution in [0.25, 0.3) is 5.69 Å². The molecule has 0 fully saturated rings. The summed E-state index contributed by atoms with van der Waals surface area (Å²) in [7, 11) is 3.29. The van der Waals surface area contributed by atoms with Gasteiger partial charge in [-0.1, -0.05) is 11.6 Å². The largest absolute Gasteiger partial charge is 0.471 e. The van der Waals surface area contributed by atoms with Crippen LogP contribution in [0.5, 0.6) is 5.88 Å². The summed E-state index contributed by atoms with van der Waals surface area (Å²) in [6, 6.07) is 7.91. The molecular weight excluding hydrogens is 522 g/mol. The molecular formula is C25H25ClF2N6O4. The second kappa shape index (κ2) is 11.3. The van der Waals surface area contributed by atoms with Crippen LogP contribution in [0.1, 0.15) is 11.4 Å². The smallest absolute Gasteiger partial charge is 0.280 e. The van der Waals surface area contributed by atoms with Gasteiger partial charge in [0.05, 0.1) is 30.2 Å². The van der Waals surface area contributed by atoms with Gasteiger partial charge in [0.25, 0.3) is 5.56 Å². The first-order valence-corrected chi connectivity index (χ1v) is 11.9. The first-order valence-electron chi connectivity index (χ1n) is 11.6. The van der Waals surface area contributed by atoms with E-state index in [-0.39, 0.29) is 60.5 Å². The van der Waals surface area contributed by atoms with Gasteiger partial charge >= 0.3 is 0 Å². The van der Waals surface area contributed by atoms with Crippen molar-refractivity contribution in [3.8, 4) is 11.6 Å². The molecule has 200 valence electrons. The highest BCUT2D eigenvalue weighted by molar-refractivity contribution is 6.31. The van der Waals surface area contributed by atoms with Gasteiger partial charge in [-0.2, -0.15) is 4.98 Å². The Balaban J connectivity index is 1.70. The normalized spacial score (nSPS) is 12.6. The molecule has 0 radical (unpaired) electrons. The standard InChI is InChI=1S/C25H25ClF2N6O4/c1-14-31-24(38-12-15-4-5-16(27)8-18(15)28)23(26)25(37)34(14)17-6-7-19-20(9-17)33(22(36)11-30-3)13-32(19)21(35)10-29-2/h4-9,29-30H,10-13H2,1-3H3. The van der Waals surface area contributed by atoms with Gasteiger partial charge in [-0.3, -0.25) is 28.8 Å². The first-order chi connectivity index (χ1) is 18.2. The number of hydrogen-bond donors (Lipinski definition) is 2. The summed E-state index contributed by atoms with van der Waals surface area (Å²) in [5.41, 5.74) is 0.740. The van der Waals surface area contributed by atoms with Crippen LogP contribution in [0.4, 0.5) is 20.2 Å². The lowest BCUT2D eigenvalue weighted by atomic mass is 10.2. The van der Waals surface area contributed by atoms with E-state index in [0.29, 0.717) is 17.1 Å². The Bertz CT molecular complexity index is 1460. The molecule has 1 aliphatic rings. The molecule has 1 aromatic heterocycles. The molecule has 2 amide bonds. The maximum atomic E-state index is 14.0. The maximum Gasteiger partial charge on any atom is 0.280 e. The number of likely N-dealkylation sites (N-methyl/N-ethyl adjacent to an activating group) is 2. The highest BCUT2D eigenvalue weighted by Gasteiger charge is 2.33. The molecule has 2 N–H and O–H groups in total. The molecule has 0 aliphatic carbocycles. The van der Waals surface area contributed by atoms with Crippen LogP contribution >= 0.6 is 11.6 Å². The number of nitrogens with zero attached hydrogens (tertiary/aromatic N) is 4. The summed E-state index contributed by atoms with van der Waals surface area (Å²) >= 11 is 6.28. The average Bonchev–Trinajstić information content (AvgIpc) is 3.26. The van der Waals surface area contributed by atoms with Crippen LogP contribution in [-0.4, -0.2) is 55.2 Å². The third kappa shape index (κ3) is 5.23. The van der Waals surface area contributed by atoms with Crippen molar-refractivity contribution >= 4 is 34.8 Å². The van der Waals surface area contributed by atoms with E-state index in [0.717, 1.165) is 12.1 Å². The van der Waals surface area contributed by atoms with Gasteiger partial charge in [-0.05, 0) is 51.4 Å². The van der Waals surface area contributed by atoms with Crippen molar-refractivity contribution in [2.24, 2.45) is 0 Å². The van der Waals surface area contributed by atoms with Crippen LogP contribution in [0.15, 0.2) is 41.2 Å². The Labute approximate surface area is 221 Å². The topological polar surface area (TPSA) is 109 Å². The fourth-order valence-electron chi connectivity index (χ4n) is 4.08. The minimum Gasteiger partial charge on any atom is -0.471 e. The zero-order chi connectivity index (χ0) is 27.6. The van der Waals surface area contributed by atoms with Gasteiger partial charge in [-0.25, -0.2) is 8.78 Å². The molecule has 0 saturated carbocycles. The van der Waals surface area contributed by atoms with E-state index in [1.807, 2.05) is 0 Å². The number of benzene rings is 2. The summed E-state index contributed by atoms with van der Waals surface area (Å²) < 4.78 is 33.9. The minimum absolute atomic E-state index is 0.0272. The summed E-state index contributed by atoms with van der Waals surface area (Å²) in [5, 5.41) is 5.28. The Hall–Kier alpha value is -3.87. The molecule has 0 saturated heterocycles. The molecule has 0 spiro atoms. The van der Waals surface area contributed by atoms with E-state index in [1.54, 1.807) is 39.2 Å². The monoisotopic (exact) mass is 546 g/mol. The number of carbonyl (C=O) groups excluding carboxylic acids is 2. The molecule has 0 bridgehead atoms. The summed E-state index contributed by atoms with van der Waals surface area (Å²) in [6.07, 6.45) is 0. The second-order valence-corrected chi connectivity index (χ2v) is 8.84. The molecule has 10 nitrogen and oxygen atoms in total. The number of fused-ring (bicyclic) bond motifs is 1. The fraction of sp³-hybridized carbons (Fsp3) is 0.280. The zero-order valence-corrected chi connectivity index (χ0v) is 21.6. The third-order valence-corrected chi connectivity index (χ3v) is 6.21. The number of amides is 2. The summed E-state index contributed by atoms with van der Waals surface area (Å²) in [5.74, 6) is -2.01. The molecule has 0 atom stereocenters. The van der Waals surface area contributed by atoms with Crippen molar-refractivity contribution in [1.82, 2.24) is 20.2 Å². The molecule has 2 aromatic carbocycles. The third-order valence-electron chi connectivity index (χ3n) is 5.88. The van der Waals surface area contributed by atoms with Crippen molar-refractivity contribution in [2.75, 3.05) is 43.7 Å². The van der Waals surface area contributed by atoms with E-state index < -0.39 is 17.2 Å². The SMILES string of the molecule is CNCC(=O)N1CN(C(=O)CNC)c2cc(-n3c(C)nc(OCc4ccc(F)cc4F)c(Cl)c3=O)ccc21. The number of aryl methyl sites for hydroxylation is 1. The lowest BCUT2D eigenvalue weighted by Gasteiger charge is -2.19. The quantitative estimate of drug-likeness (QED) is 0.445. The molecule has 4 rings (SSSR count). The van der Waals surface area contributed by atoms with Crippen molar-refractivity contribution in [3.05, 3.63) is 74.8 Å². The van der Waals surface area contributed by atoms with E-state index in [2.05, 4.69) is 15.6 Å². The van der Waals surface area contributed by atoms with Crippen LogP contribution in [0, 0.1) is 18.6 Å². The first kappa shape index (κ1) is 27.2. The average molecular weight is 547 g/mol. The van der Waals surface area contributed by atoms with Crippen molar-refractivity contribution in [3.63, 3.8) is 0 Å². The van der Waals surface area contributed by atoms with Crippen molar-refractivity contribution in [1.29, 1.82) is 0 Å². The summed E-state index contributed by atoms with van der Waals surface area (Å²) in [6.45, 7) is 1.39. The van der Waals surface area contributed by atoms with Crippen molar-refractivity contribution < 1.29 is 23.1 Å². The second-order valence-electron chi connectivity index (χ2n) is 8.46. The highest BCUT2D eigenvalue weighted by Crippen LogP contribution is 2.38. The predicted molar refractivity (Wildman–Crippen MR) is 138 cm³/mol. The van der Waals surface area contributed by atoms with E-state index in [4.69, 9.17) is 16.3 Å². The Morgan fingerprint density at radius 2 is 1.68 bits per heavy atom. The number of carbonyl (C=O) groups is 2. The Kier molecular flexibility index (Phi) is 8.05. The number of rotatable bonds is 8. The zero-order valence-electron chi connectivity index (χ0n) is 20.8. The summed E-state index contributed by atoms with van der Waals surface area (Å²) in [4.78, 5) is 45.9. The van der Waals surface area contributed by atoms with E-state index in [9.17, 15) is 23.2 Å². The van der Waals surface area contributed by atoms with Crippen LogP contribution in [-0.2, 0) is 16.2 Å². The lowest BCUT2D eigenvalue weighted by molar-refractivity contribution is -0.118. The van der Waals surface area contributed by atoms with Gasteiger partial charge in [0.2, 0.25) is 17.7 Å². The molecule has 2 heterocycles. The van der Waals surface area contributed by atoms with Gasteiger partial charge in [-0.15, -0.1) is 0 Å². The molecule has 38 heavy (non-hydrogen) atoms. The predicted octanol–water partition coefficient (Wildman–Crippen LogP) is 2.13. The van der Waals surface area contributed by atoms with Crippen LogP contribution in [0.3, 0.4) is 0 Å².